The van der Waals surface area contributed by atoms with Crippen molar-refractivity contribution in [1.29, 1.82) is 0 Å². The fourth-order valence-electron chi connectivity index (χ4n) is 2.16. The monoisotopic (exact) mass is 297 g/mol. The molecule has 1 heterocycles. The Morgan fingerprint density at radius 2 is 2.15 bits per heavy atom. The quantitative estimate of drug-likeness (QED) is 0.762. The van der Waals surface area contributed by atoms with Crippen LogP contribution in [0.2, 0.25) is 0 Å². The van der Waals surface area contributed by atoms with Crippen molar-refractivity contribution in [1.82, 2.24) is 10.0 Å². The molecule has 20 heavy (non-hydrogen) atoms. The van der Waals surface area contributed by atoms with Crippen molar-refractivity contribution >= 4 is 21.6 Å². The second-order valence-corrected chi connectivity index (χ2v) is 6.61. The Bertz CT molecular complexity index is 580. The van der Waals surface area contributed by atoms with Gasteiger partial charge in [-0.25, -0.2) is 13.1 Å². The van der Waals surface area contributed by atoms with E-state index in [-0.39, 0.29) is 16.8 Å². The van der Waals surface area contributed by atoms with Crippen LogP contribution in [0.5, 0.6) is 0 Å². The minimum atomic E-state index is -3.50. The topological polar surface area (TPSA) is 87.3 Å². The molecule has 3 N–H and O–H groups in total. The van der Waals surface area contributed by atoms with E-state index < -0.39 is 10.0 Å². The smallest absolute Gasteiger partial charge is 0.241 e. The van der Waals surface area contributed by atoms with E-state index in [1.54, 1.807) is 12.1 Å². The van der Waals surface area contributed by atoms with Crippen LogP contribution in [0.4, 0.5) is 5.69 Å². The normalized spacial score (nSPS) is 19.6. The molecular weight excluding hydrogens is 278 g/mol. The van der Waals surface area contributed by atoms with Gasteiger partial charge in [-0.2, -0.15) is 0 Å². The first kappa shape index (κ1) is 15.0. The Labute approximate surface area is 119 Å². The van der Waals surface area contributed by atoms with Gasteiger partial charge in [0, 0.05) is 5.69 Å². The number of rotatable bonds is 4. The van der Waals surface area contributed by atoms with Gasteiger partial charge in [0.15, 0.2) is 0 Å². The fourth-order valence-corrected chi connectivity index (χ4v) is 2.94. The molecule has 0 radical (unpaired) electrons. The number of nitrogens with one attached hydrogen (secondary N) is 3. The molecule has 1 aromatic carbocycles. The number of hydrogen-bond acceptors (Lipinski definition) is 4. The van der Waals surface area contributed by atoms with E-state index in [2.05, 4.69) is 15.4 Å². The highest BCUT2D eigenvalue weighted by Crippen LogP contribution is 2.16. The first-order valence-electron chi connectivity index (χ1n) is 6.61. The molecule has 110 valence electrons. The lowest BCUT2D eigenvalue weighted by atomic mass is 10.0. The molecule has 1 atom stereocenters. The van der Waals surface area contributed by atoms with Gasteiger partial charge in [-0.05, 0) is 44.6 Å². The zero-order valence-corrected chi connectivity index (χ0v) is 12.2. The van der Waals surface area contributed by atoms with E-state index in [0.29, 0.717) is 5.69 Å². The maximum absolute atomic E-state index is 12.1. The van der Waals surface area contributed by atoms with Crippen molar-refractivity contribution in [3.63, 3.8) is 0 Å². The van der Waals surface area contributed by atoms with Gasteiger partial charge in [0.25, 0.3) is 0 Å². The average Bonchev–Trinajstić information content (AvgIpc) is 2.48. The standard InChI is InChI=1S/C13H19N3O3S/c1-14-20(18,19)11-6-4-5-10(9-11)16-13(17)12-7-2-3-8-15-12/h4-6,9,12,14-15H,2-3,7-8H2,1H3,(H,16,17). The Morgan fingerprint density at radius 1 is 1.35 bits per heavy atom. The van der Waals surface area contributed by atoms with Gasteiger partial charge in [-0.3, -0.25) is 4.79 Å². The molecule has 1 amide bonds. The van der Waals surface area contributed by atoms with Crippen molar-refractivity contribution in [2.75, 3.05) is 18.9 Å². The second kappa shape index (κ2) is 6.34. The first-order valence-corrected chi connectivity index (χ1v) is 8.09. The summed E-state index contributed by atoms with van der Waals surface area (Å²) in [5.74, 6) is -0.122. The van der Waals surface area contributed by atoms with Crippen LogP contribution in [-0.4, -0.2) is 34.0 Å². The summed E-state index contributed by atoms with van der Waals surface area (Å²) >= 11 is 0. The van der Waals surface area contributed by atoms with Gasteiger partial charge in [-0.1, -0.05) is 12.5 Å². The van der Waals surface area contributed by atoms with Gasteiger partial charge < -0.3 is 10.6 Å². The summed E-state index contributed by atoms with van der Waals surface area (Å²) in [5, 5.41) is 5.91. The third-order valence-electron chi connectivity index (χ3n) is 3.31. The van der Waals surface area contributed by atoms with E-state index >= 15 is 0 Å². The van der Waals surface area contributed by atoms with Crippen LogP contribution < -0.4 is 15.4 Å². The molecule has 1 saturated heterocycles. The molecular formula is C13H19N3O3S. The van der Waals surface area contributed by atoms with Crippen molar-refractivity contribution in [2.24, 2.45) is 0 Å². The van der Waals surface area contributed by atoms with Crippen LogP contribution in [0.15, 0.2) is 29.2 Å². The Hall–Kier alpha value is -1.44. The Morgan fingerprint density at radius 3 is 2.80 bits per heavy atom. The zero-order chi connectivity index (χ0) is 14.6. The van der Waals surface area contributed by atoms with Gasteiger partial charge in [0.2, 0.25) is 15.9 Å². The van der Waals surface area contributed by atoms with Crippen LogP contribution >= 0.6 is 0 Å². The summed E-state index contributed by atoms with van der Waals surface area (Å²) in [6.07, 6.45) is 2.92. The number of anilines is 1. The lowest BCUT2D eigenvalue weighted by Crippen LogP contribution is -2.43. The van der Waals surface area contributed by atoms with E-state index in [9.17, 15) is 13.2 Å². The Balaban J connectivity index is 2.10. The summed E-state index contributed by atoms with van der Waals surface area (Å²) in [6.45, 7) is 0.840. The molecule has 0 saturated carbocycles. The molecule has 1 unspecified atom stereocenters. The van der Waals surface area contributed by atoms with Gasteiger partial charge in [0.1, 0.15) is 0 Å². The molecule has 1 aromatic rings. The SMILES string of the molecule is CNS(=O)(=O)c1cccc(NC(=O)C2CCCCN2)c1. The van der Waals surface area contributed by atoms with Gasteiger partial charge in [-0.15, -0.1) is 0 Å². The third-order valence-corrected chi connectivity index (χ3v) is 4.72. The molecule has 1 fully saturated rings. The maximum atomic E-state index is 12.1. The van der Waals surface area contributed by atoms with Gasteiger partial charge in [0.05, 0.1) is 10.9 Å². The lowest BCUT2D eigenvalue weighted by molar-refractivity contribution is -0.118. The van der Waals surface area contributed by atoms with E-state index in [4.69, 9.17) is 0 Å². The molecule has 6 nitrogen and oxygen atoms in total. The molecule has 2 rings (SSSR count). The van der Waals surface area contributed by atoms with Crippen LogP contribution in [-0.2, 0) is 14.8 Å². The predicted octanol–water partition coefficient (Wildman–Crippen LogP) is 0.675. The molecule has 0 bridgehead atoms. The van der Waals surface area contributed by atoms with Crippen LogP contribution in [0.3, 0.4) is 0 Å². The molecule has 0 spiro atoms. The van der Waals surface area contributed by atoms with Crippen molar-refractivity contribution < 1.29 is 13.2 Å². The largest absolute Gasteiger partial charge is 0.325 e. The number of carbonyl (C=O) groups excluding carboxylic acids is 1. The summed E-state index contributed by atoms with van der Waals surface area (Å²) in [7, 11) is -2.14. The lowest BCUT2D eigenvalue weighted by Gasteiger charge is -2.22. The number of benzene rings is 1. The molecule has 7 heteroatoms. The number of hydrogen-bond donors (Lipinski definition) is 3. The van der Waals surface area contributed by atoms with Crippen LogP contribution in [0.25, 0.3) is 0 Å². The molecule has 0 aliphatic carbocycles. The summed E-state index contributed by atoms with van der Waals surface area (Å²) < 4.78 is 25.7. The van der Waals surface area contributed by atoms with Crippen LogP contribution in [0.1, 0.15) is 19.3 Å². The first-order chi connectivity index (χ1) is 9.53. The maximum Gasteiger partial charge on any atom is 0.241 e. The van der Waals surface area contributed by atoms with Crippen LogP contribution in [0, 0.1) is 0 Å². The average molecular weight is 297 g/mol. The van der Waals surface area contributed by atoms with Crippen molar-refractivity contribution in [3.8, 4) is 0 Å². The molecule has 1 aliphatic heterocycles. The molecule has 0 aromatic heterocycles. The Kier molecular flexibility index (Phi) is 4.74. The zero-order valence-electron chi connectivity index (χ0n) is 11.3. The van der Waals surface area contributed by atoms with E-state index in [1.165, 1.54) is 19.2 Å². The highest BCUT2D eigenvalue weighted by molar-refractivity contribution is 7.89. The molecule has 1 aliphatic rings. The highest BCUT2D eigenvalue weighted by atomic mass is 32.2. The minimum absolute atomic E-state index is 0.122. The summed E-state index contributed by atoms with van der Waals surface area (Å²) in [4.78, 5) is 12.2. The number of sulfonamides is 1. The second-order valence-electron chi connectivity index (χ2n) is 4.73. The van der Waals surface area contributed by atoms with Crippen molar-refractivity contribution in [3.05, 3.63) is 24.3 Å². The third kappa shape index (κ3) is 3.56. The van der Waals surface area contributed by atoms with E-state index in [0.717, 1.165) is 25.8 Å². The summed E-state index contributed by atoms with van der Waals surface area (Å²) in [5.41, 5.74) is 0.485. The van der Waals surface area contributed by atoms with Crippen molar-refractivity contribution in [2.45, 2.75) is 30.2 Å². The summed E-state index contributed by atoms with van der Waals surface area (Å²) in [6, 6.07) is 6.02. The number of amides is 1. The minimum Gasteiger partial charge on any atom is -0.325 e. The number of carbonyl (C=O) groups is 1. The highest BCUT2D eigenvalue weighted by Gasteiger charge is 2.21. The van der Waals surface area contributed by atoms with Gasteiger partial charge >= 0.3 is 0 Å². The predicted molar refractivity (Wildman–Crippen MR) is 77.0 cm³/mol. The number of piperidine rings is 1. The fraction of sp³-hybridized carbons (Fsp3) is 0.462. The van der Waals surface area contributed by atoms with E-state index in [1.807, 2.05) is 0 Å².